The lowest BCUT2D eigenvalue weighted by Crippen LogP contribution is -2.26. The molecule has 0 unspecified atom stereocenters. The number of hydrogen-bond donors (Lipinski definition) is 1. The second kappa shape index (κ2) is 7.05. The van der Waals surface area contributed by atoms with E-state index in [0.717, 1.165) is 27.9 Å². The lowest BCUT2D eigenvalue weighted by atomic mass is 10.1. The lowest BCUT2D eigenvalue weighted by Gasteiger charge is -2.08. The molecule has 0 aliphatic rings. The number of aryl methyl sites for hydroxylation is 3. The van der Waals surface area contributed by atoms with Gasteiger partial charge in [-0.15, -0.1) is 11.3 Å². The second-order valence-corrected chi connectivity index (χ2v) is 7.67. The number of amides is 1. The summed E-state index contributed by atoms with van der Waals surface area (Å²) in [5.41, 5.74) is 5.30. The fourth-order valence-corrected chi connectivity index (χ4v) is 3.85. The average Bonchev–Trinajstić information content (AvgIpc) is 3.10. The molecule has 1 amide bonds. The Kier molecular flexibility index (Phi) is 4.57. The van der Waals surface area contributed by atoms with Gasteiger partial charge in [0.15, 0.2) is 4.96 Å². The van der Waals surface area contributed by atoms with Crippen molar-refractivity contribution >= 4 is 27.9 Å². The Morgan fingerprint density at radius 2 is 1.79 bits per heavy atom. The first kappa shape index (κ1) is 18.1. The van der Waals surface area contributed by atoms with Crippen LogP contribution >= 0.6 is 11.3 Å². The molecular weight excluding hydrogens is 370 g/mol. The van der Waals surface area contributed by atoms with Crippen LogP contribution in [-0.4, -0.2) is 15.3 Å². The van der Waals surface area contributed by atoms with Crippen LogP contribution in [0.1, 0.15) is 27.0 Å². The largest absolute Gasteiger partial charge is 0.322 e. The van der Waals surface area contributed by atoms with E-state index < -0.39 is 5.91 Å². The van der Waals surface area contributed by atoms with Crippen molar-refractivity contribution in [2.24, 2.45) is 0 Å². The fourth-order valence-electron chi connectivity index (χ4n) is 2.99. The number of nitrogens with one attached hydrogen (secondary N) is 1. The number of nitrogens with zero attached hydrogens (tertiary/aromatic N) is 2. The number of benzene rings is 2. The van der Waals surface area contributed by atoms with E-state index in [1.165, 1.54) is 21.9 Å². The van der Waals surface area contributed by atoms with E-state index in [2.05, 4.69) is 10.3 Å². The molecule has 6 heteroatoms. The van der Waals surface area contributed by atoms with Gasteiger partial charge in [0.2, 0.25) is 0 Å². The Morgan fingerprint density at radius 1 is 1.04 bits per heavy atom. The van der Waals surface area contributed by atoms with Crippen LogP contribution in [0.2, 0.25) is 0 Å². The summed E-state index contributed by atoms with van der Waals surface area (Å²) >= 11 is 1.38. The fraction of sp³-hybridized carbons (Fsp3) is 0.136. The summed E-state index contributed by atoms with van der Waals surface area (Å²) in [4.78, 5) is 30.7. The maximum absolute atomic E-state index is 13.1. The number of rotatable bonds is 3. The Bertz CT molecular complexity index is 1250. The third-order valence-corrected chi connectivity index (χ3v) is 5.64. The van der Waals surface area contributed by atoms with Crippen molar-refractivity contribution in [3.05, 3.63) is 86.6 Å². The van der Waals surface area contributed by atoms with E-state index in [-0.39, 0.29) is 11.1 Å². The summed E-state index contributed by atoms with van der Waals surface area (Å²) in [6.07, 6.45) is 1.35. The number of carbonyl (C=O) groups is 1. The van der Waals surface area contributed by atoms with Gasteiger partial charge in [0.05, 0.1) is 5.69 Å². The third kappa shape index (κ3) is 3.23. The summed E-state index contributed by atoms with van der Waals surface area (Å²) in [7, 11) is 0. The molecule has 4 aromatic rings. The molecule has 0 aliphatic heterocycles. The first-order valence-corrected chi connectivity index (χ1v) is 9.77. The highest BCUT2D eigenvalue weighted by atomic mass is 32.1. The normalized spacial score (nSPS) is 11.0. The predicted molar refractivity (Wildman–Crippen MR) is 113 cm³/mol. The molecule has 0 saturated heterocycles. The van der Waals surface area contributed by atoms with Crippen molar-refractivity contribution in [1.82, 2.24) is 9.38 Å². The minimum atomic E-state index is -0.462. The van der Waals surface area contributed by atoms with Gasteiger partial charge >= 0.3 is 0 Å². The predicted octanol–water partition coefficient (Wildman–Crippen LogP) is 4.60. The van der Waals surface area contributed by atoms with E-state index in [1.54, 1.807) is 0 Å². The summed E-state index contributed by atoms with van der Waals surface area (Å²) < 4.78 is 1.50. The molecule has 0 spiro atoms. The lowest BCUT2D eigenvalue weighted by molar-refractivity contribution is 0.102. The zero-order chi connectivity index (χ0) is 19.8. The molecule has 28 heavy (non-hydrogen) atoms. The maximum atomic E-state index is 13.1. The van der Waals surface area contributed by atoms with Crippen LogP contribution in [0, 0.1) is 20.8 Å². The number of fused-ring (bicyclic) bond motifs is 1. The van der Waals surface area contributed by atoms with Crippen molar-refractivity contribution in [2.75, 3.05) is 5.32 Å². The van der Waals surface area contributed by atoms with Crippen molar-refractivity contribution in [1.29, 1.82) is 0 Å². The van der Waals surface area contributed by atoms with E-state index in [9.17, 15) is 9.59 Å². The Hall–Kier alpha value is -3.25. The Balaban J connectivity index is 1.75. The quantitative estimate of drug-likeness (QED) is 0.557. The summed E-state index contributed by atoms with van der Waals surface area (Å²) in [6.45, 7) is 6.00. The van der Waals surface area contributed by atoms with Crippen LogP contribution in [0.3, 0.4) is 0 Å². The molecule has 2 heterocycles. The van der Waals surface area contributed by atoms with Crippen LogP contribution in [-0.2, 0) is 0 Å². The van der Waals surface area contributed by atoms with Crippen LogP contribution in [0.5, 0.6) is 0 Å². The number of hydrogen-bond acceptors (Lipinski definition) is 4. The Morgan fingerprint density at radius 3 is 2.50 bits per heavy atom. The number of thiazole rings is 1. The van der Waals surface area contributed by atoms with Crippen molar-refractivity contribution in [3.8, 4) is 11.3 Å². The molecular formula is C22H19N3O2S. The minimum Gasteiger partial charge on any atom is -0.322 e. The van der Waals surface area contributed by atoms with Gasteiger partial charge in [0.1, 0.15) is 5.56 Å². The molecule has 2 aromatic heterocycles. The van der Waals surface area contributed by atoms with E-state index in [0.29, 0.717) is 10.6 Å². The molecule has 0 bridgehead atoms. The van der Waals surface area contributed by atoms with Crippen LogP contribution in [0.25, 0.3) is 16.2 Å². The molecule has 0 atom stereocenters. The first-order valence-electron chi connectivity index (χ1n) is 8.89. The molecule has 2 aromatic carbocycles. The molecule has 1 N–H and O–H groups in total. The van der Waals surface area contributed by atoms with Gasteiger partial charge in [0.25, 0.3) is 11.5 Å². The number of carbonyl (C=O) groups excluding carboxylic acids is 1. The standard InChI is InChI=1S/C22H19N3O2S/c1-13-4-7-16(8-5-13)19-12-28-22-23-11-18(21(27)25(19)22)20(26)24-17-9-6-14(2)15(3)10-17/h4-12H,1-3H3,(H,24,26). The van der Waals surface area contributed by atoms with Gasteiger partial charge in [-0.05, 0) is 49.6 Å². The topological polar surface area (TPSA) is 63.5 Å². The minimum absolute atomic E-state index is 0.0162. The van der Waals surface area contributed by atoms with Gasteiger partial charge in [-0.2, -0.15) is 0 Å². The molecule has 0 aliphatic carbocycles. The number of aromatic nitrogens is 2. The van der Waals surface area contributed by atoms with Gasteiger partial charge in [-0.25, -0.2) is 4.98 Å². The van der Waals surface area contributed by atoms with Crippen molar-refractivity contribution in [3.63, 3.8) is 0 Å². The zero-order valence-electron chi connectivity index (χ0n) is 15.8. The van der Waals surface area contributed by atoms with Gasteiger partial charge < -0.3 is 5.32 Å². The van der Waals surface area contributed by atoms with Gasteiger partial charge in [-0.3, -0.25) is 14.0 Å². The van der Waals surface area contributed by atoms with Crippen molar-refractivity contribution in [2.45, 2.75) is 20.8 Å². The summed E-state index contributed by atoms with van der Waals surface area (Å²) in [5.74, 6) is -0.462. The van der Waals surface area contributed by atoms with Crippen molar-refractivity contribution < 1.29 is 4.79 Å². The highest BCUT2D eigenvalue weighted by Crippen LogP contribution is 2.24. The van der Waals surface area contributed by atoms with Crippen LogP contribution < -0.4 is 10.9 Å². The Labute approximate surface area is 166 Å². The molecule has 4 rings (SSSR count). The van der Waals surface area contributed by atoms with E-state index in [1.807, 2.05) is 68.6 Å². The zero-order valence-corrected chi connectivity index (χ0v) is 16.6. The average molecular weight is 389 g/mol. The highest BCUT2D eigenvalue weighted by molar-refractivity contribution is 7.15. The molecule has 140 valence electrons. The van der Waals surface area contributed by atoms with Gasteiger partial charge in [0, 0.05) is 17.3 Å². The second-order valence-electron chi connectivity index (χ2n) is 6.84. The highest BCUT2D eigenvalue weighted by Gasteiger charge is 2.17. The molecule has 0 radical (unpaired) electrons. The summed E-state index contributed by atoms with van der Waals surface area (Å²) in [6, 6.07) is 13.6. The van der Waals surface area contributed by atoms with Crippen LogP contribution in [0.15, 0.2) is 58.8 Å². The third-order valence-electron chi connectivity index (χ3n) is 4.80. The smallest absolute Gasteiger partial charge is 0.271 e. The van der Waals surface area contributed by atoms with E-state index >= 15 is 0 Å². The SMILES string of the molecule is Cc1ccc(-c2csc3ncc(C(=O)Nc4ccc(C)c(C)c4)c(=O)n23)cc1. The maximum Gasteiger partial charge on any atom is 0.271 e. The first-order chi connectivity index (χ1) is 13.4. The molecule has 5 nitrogen and oxygen atoms in total. The van der Waals surface area contributed by atoms with Gasteiger partial charge in [-0.1, -0.05) is 35.9 Å². The monoisotopic (exact) mass is 389 g/mol. The number of anilines is 1. The summed E-state index contributed by atoms with van der Waals surface area (Å²) in [5, 5.41) is 4.69. The molecule has 0 fully saturated rings. The van der Waals surface area contributed by atoms with E-state index in [4.69, 9.17) is 0 Å². The molecule has 0 saturated carbocycles. The van der Waals surface area contributed by atoms with Crippen LogP contribution in [0.4, 0.5) is 5.69 Å².